The highest BCUT2D eigenvalue weighted by Gasteiger charge is 2.47. The van der Waals surface area contributed by atoms with Gasteiger partial charge in [-0.3, -0.25) is 0 Å². The number of fused-ring (bicyclic) bond motifs is 1. The van der Waals surface area contributed by atoms with Gasteiger partial charge in [-0.2, -0.15) is 0 Å². The number of hydrogen-bond donors (Lipinski definition) is 0. The normalized spacial score (nSPS) is 34.1. The van der Waals surface area contributed by atoms with Crippen molar-refractivity contribution in [2.75, 3.05) is 6.54 Å². The van der Waals surface area contributed by atoms with Gasteiger partial charge in [-0.05, 0) is 35.6 Å². The molecule has 0 aromatic heterocycles. The molecule has 92 valence electrons. The second-order valence-electron chi connectivity index (χ2n) is 4.94. The summed E-state index contributed by atoms with van der Waals surface area (Å²) in [4.78, 5) is 0. The average Bonchev–Trinajstić information content (AvgIpc) is 2.48. The average molecular weight is 270 g/mol. The minimum atomic E-state index is -0.812. The van der Waals surface area contributed by atoms with Gasteiger partial charge in [0.1, 0.15) is 0 Å². The Bertz CT molecular complexity index is 388. The smallest absolute Gasteiger partial charge is 0.207 e. The van der Waals surface area contributed by atoms with Crippen molar-refractivity contribution in [2.45, 2.75) is 37.8 Å². The lowest BCUT2D eigenvalue weighted by atomic mass is 9.89. The Morgan fingerprint density at radius 2 is 2.24 bits per heavy atom. The molecule has 0 saturated carbocycles. The fourth-order valence-corrected chi connectivity index (χ4v) is 4.89. The Kier molecular flexibility index (Phi) is 3.40. The van der Waals surface area contributed by atoms with Crippen LogP contribution in [0.4, 0.5) is 0 Å². The molecule has 0 radical (unpaired) electrons. The lowest BCUT2D eigenvalue weighted by molar-refractivity contribution is 0.123. The van der Waals surface area contributed by atoms with Crippen molar-refractivity contribution in [2.24, 2.45) is 0 Å². The molecule has 4 atom stereocenters. The van der Waals surface area contributed by atoms with Crippen molar-refractivity contribution >= 4 is 18.9 Å². The lowest BCUT2D eigenvalue weighted by Gasteiger charge is -2.36. The zero-order chi connectivity index (χ0) is 11.8. The van der Waals surface area contributed by atoms with Crippen LogP contribution in [0.3, 0.4) is 0 Å². The SMILES string of the molecule is C[C@H](C[C@H]1OP(Cl)N2CC[C@@H]12)c1ccccc1. The van der Waals surface area contributed by atoms with Crippen LogP contribution >= 0.6 is 18.9 Å². The summed E-state index contributed by atoms with van der Waals surface area (Å²) < 4.78 is 8.22. The number of hydrogen-bond acceptors (Lipinski definition) is 2. The first-order valence-corrected chi connectivity index (χ1v) is 8.31. The number of nitrogens with zero attached hydrogens (tertiary/aromatic N) is 1. The summed E-state index contributed by atoms with van der Waals surface area (Å²) in [6.45, 7) is 3.40. The van der Waals surface area contributed by atoms with Gasteiger partial charge in [-0.25, -0.2) is 4.67 Å². The molecule has 2 saturated heterocycles. The molecule has 1 unspecified atom stereocenters. The standard InChI is InChI=1S/C13H17ClNOP/c1-10(11-5-3-2-4-6-11)9-13-12-7-8-15(12)17(14)16-13/h2-6,10,12-13H,7-9H2,1H3/t10-,12+,13-,17?/m1/s1. The van der Waals surface area contributed by atoms with E-state index in [4.69, 9.17) is 15.8 Å². The van der Waals surface area contributed by atoms with Crippen molar-refractivity contribution in [3.05, 3.63) is 35.9 Å². The maximum absolute atomic E-state index is 6.20. The van der Waals surface area contributed by atoms with Gasteiger partial charge >= 0.3 is 0 Å². The third-order valence-electron chi connectivity index (χ3n) is 3.84. The first-order valence-electron chi connectivity index (χ1n) is 6.20. The summed E-state index contributed by atoms with van der Waals surface area (Å²) in [6, 6.07) is 11.2. The van der Waals surface area contributed by atoms with Gasteiger partial charge in [0.2, 0.25) is 7.65 Å². The predicted octanol–water partition coefficient (Wildman–Crippen LogP) is 4.12. The van der Waals surface area contributed by atoms with Crippen LogP contribution in [0.5, 0.6) is 0 Å². The van der Waals surface area contributed by atoms with Gasteiger partial charge in [0.05, 0.1) is 6.10 Å². The maximum atomic E-state index is 6.20. The molecular weight excluding hydrogens is 253 g/mol. The largest absolute Gasteiger partial charge is 0.326 e. The van der Waals surface area contributed by atoms with E-state index in [1.54, 1.807) is 0 Å². The second-order valence-corrected chi connectivity index (χ2v) is 6.98. The molecule has 1 aromatic rings. The van der Waals surface area contributed by atoms with E-state index >= 15 is 0 Å². The van der Waals surface area contributed by atoms with Gasteiger partial charge in [0.15, 0.2) is 0 Å². The molecule has 0 spiro atoms. The third-order valence-corrected chi connectivity index (χ3v) is 6.01. The Morgan fingerprint density at radius 3 is 2.82 bits per heavy atom. The molecule has 3 rings (SSSR count). The van der Waals surface area contributed by atoms with Gasteiger partial charge in [0, 0.05) is 12.6 Å². The minimum Gasteiger partial charge on any atom is -0.326 e. The van der Waals surface area contributed by atoms with Gasteiger partial charge in [0.25, 0.3) is 0 Å². The van der Waals surface area contributed by atoms with Gasteiger partial charge < -0.3 is 4.52 Å². The zero-order valence-corrected chi connectivity index (χ0v) is 11.6. The van der Waals surface area contributed by atoms with Crippen LogP contribution < -0.4 is 0 Å². The highest BCUT2D eigenvalue weighted by atomic mass is 35.7. The van der Waals surface area contributed by atoms with E-state index in [0.717, 1.165) is 13.0 Å². The summed E-state index contributed by atoms with van der Waals surface area (Å²) >= 11 is 6.20. The molecule has 0 bridgehead atoms. The van der Waals surface area contributed by atoms with Crippen LogP contribution in [0, 0.1) is 0 Å². The zero-order valence-electron chi connectivity index (χ0n) is 9.92. The molecule has 0 amide bonds. The van der Waals surface area contributed by atoms with Gasteiger partial charge in [-0.15, -0.1) is 0 Å². The van der Waals surface area contributed by atoms with Crippen molar-refractivity contribution in [3.8, 4) is 0 Å². The second kappa shape index (κ2) is 4.85. The first kappa shape index (κ1) is 11.9. The fraction of sp³-hybridized carbons (Fsp3) is 0.538. The van der Waals surface area contributed by atoms with Crippen LogP contribution in [-0.4, -0.2) is 23.4 Å². The fourth-order valence-electron chi connectivity index (χ4n) is 2.68. The van der Waals surface area contributed by atoms with E-state index < -0.39 is 7.65 Å². The van der Waals surface area contributed by atoms with E-state index in [1.165, 1.54) is 12.0 Å². The third kappa shape index (κ3) is 2.24. The number of rotatable bonds is 3. The van der Waals surface area contributed by atoms with Crippen LogP contribution in [0.15, 0.2) is 30.3 Å². The summed E-state index contributed by atoms with van der Waals surface area (Å²) in [5.74, 6) is 0.543. The monoisotopic (exact) mass is 269 g/mol. The lowest BCUT2D eigenvalue weighted by Crippen LogP contribution is -2.45. The van der Waals surface area contributed by atoms with Crippen molar-refractivity contribution in [1.29, 1.82) is 0 Å². The quantitative estimate of drug-likeness (QED) is 0.766. The van der Waals surface area contributed by atoms with E-state index in [1.807, 2.05) is 0 Å². The van der Waals surface area contributed by atoms with Crippen LogP contribution in [-0.2, 0) is 4.52 Å². The van der Waals surface area contributed by atoms with Crippen molar-refractivity contribution < 1.29 is 4.52 Å². The summed E-state index contributed by atoms with van der Waals surface area (Å²) in [5, 5.41) is 0. The molecular formula is C13H17ClNOP. The summed E-state index contributed by atoms with van der Waals surface area (Å²) in [5.41, 5.74) is 1.40. The highest BCUT2D eigenvalue weighted by molar-refractivity contribution is 7.78. The Labute approximate surface area is 109 Å². The first-order chi connectivity index (χ1) is 8.25. The maximum Gasteiger partial charge on any atom is 0.207 e. The molecule has 2 aliphatic heterocycles. The van der Waals surface area contributed by atoms with Gasteiger partial charge in [-0.1, -0.05) is 37.3 Å². The summed E-state index contributed by atoms with van der Waals surface area (Å²) in [6.07, 6.45) is 2.66. The summed E-state index contributed by atoms with van der Waals surface area (Å²) in [7, 11) is -0.812. The van der Waals surface area contributed by atoms with Crippen LogP contribution in [0.1, 0.15) is 31.2 Å². The Hall–Kier alpha value is -0.140. The predicted molar refractivity (Wildman–Crippen MR) is 72.2 cm³/mol. The van der Waals surface area contributed by atoms with E-state index in [2.05, 4.69) is 41.9 Å². The molecule has 4 heteroatoms. The van der Waals surface area contributed by atoms with E-state index in [9.17, 15) is 0 Å². The molecule has 2 fully saturated rings. The molecule has 1 aromatic carbocycles. The topological polar surface area (TPSA) is 12.5 Å². The highest BCUT2D eigenvalue weighted by Crippen LogP contribution is 2.60. The minimum absolute atomic E-state index is 0.336. The molecule has 17 heavy (non-hydrogen) atoms. The molecule has 2 heterocycles. The number of halogens is 1. The van der Waals surface area contributed by atoms with E-state index in [-0.39, 0.29) is 0 Å². The van der Waals surface area contributed by atoms with Crippen LogP contribution in [0.2, 0.25) is 0 Å². The van der Waals surface area contributed by atoms with Crippen LogP contribution in [0.25, 0.3) is 0 Å². The van der Waals surface area contributed by atoms with Crippen molar-refractivity contribution in [1.82, 2.24) is 4.67 Å². The Morgan fingerprint density at radius 1 is 1.47 bits per heavy atom. The Balaban J connectivity index is 1.64. The molecule has 2 nitrogen and oxygen atoms in total. The van der Waals surface area contributed by atoms with E-state index in [0.29, 0.717) is 18.1 Å². The number of benzene rings is 1. The van der Waals surface area contributed by atoms with Crippen molar-refractivity contribution in [3.63, 3.8) is 0 Å². The molecule has 0 aliphatic carbocycles. The molecule has 2 aliphatic rings. The molecule has 0 N–H and O–H groups in total.